The molecule has 0 aromatic heterocycles. The number of ether oxygens (including phenoxy) is 3. The van der Waals surface area contributed by atoms with E-state index in [2.05, 4.69) is 15.2 Å². The summed E-state index contributed by atoms with van der Waals surface area (Å²) in [6.07, 6.45) is 3.14. The van der Waals surface area contributed by atoms with Gasteiger partial charge in [-0.25, -0.2) is 0 Å². The number of nitrogens with one attached hydrogen (secondary N) is 1. The number of likely N-dealkylation sites (tertiary alicyclic amines) is 1. The van der Waals surface area contributed by atoms with E-state index in [0.29, 0.717) is 6.10 Å². The molecule has 0 aromatic rings. The van der Waals surface area contributed by atoms with Crippen molar-refractivity contribution >= 4 is 35.9 Å². The Balaban J connectivity index is 0.00000576. The van der Waals surface area contributed by atoms with Gasteiger partial charge in [-0.2, -0.15) is 0 Å². The number of rotatable bonds is 7. The monoisotopic (exact) mass is 471 g/mol. The summed E-state index contributed by atoms with van der Waals surface area (Å²) in [5.74, 6) is 0.457. The molecule has 0 saturated carbocycles. The lowest BCUT2D eigenvalue weighted by Crippen LogP contribution is -2.48. The molecule has 8 heteroatoms. The highest BCUT2D eigenvalue weighted by Crippen LogP contribution is 2.14. The zero-order valence-corrected chi connectivity index (χ0v) is 18.5. The summed E-state index contributed by atoms with van der Waals surface area (Å²) in [6.45, 7) is 8.90. The fourth-order valence-corrected chi connectivity index (χ4v) is 2.55. The number of halogens is 1. The predicted octanol–water partition coefficient (Wildman–Crippen LogP) is 2.04. The number of hydrogen-bond donors (Lipinski definition) is 1. The van der Waals surface area contributed by atoms with Crippen molar-refractivity contribution in [3.05, 3.63) is 0 Å². The largest absolute Gasteiger partial charge is 0.459 e. The molecule has 25 heavy (non-hydrogen) atoms. The Kier molecular flexibility index (Phi) is 12.4. The Hall–Kier alpha value is -0.610. The molecule has 1 aliphatic heterocycles. The van der Waals surface area contributed by atoms with Crippen LogP contribution in [0.1, 0.15) is 40.0 Å². The normalized spacial score (nSPS) is 16.4. The summed E-state index contributed by atoms with van der Waals surface area (Å²) in [5.41, 5.74) is -0.471. The first-order chi connectivity index (χ1) is 11.4. The number of carbonyl (C=O) groups is 1. The number of aliphatic imine (C=N–C) groups is 1. The number of piperidine rings is 1. The van der Waals surface area contributed by atoms with Crippen LogP contribution in [0, 0.1) is 0 Å². The van der Waals surface area contributed by atoms with Crippen LogP contribution >= 0.6 is 24.0 Å². The van der Waals surface area contributed by atoms with Gasteiger partial charge in [0.1, 0.15) is 12.1 Å². The second-order valence-electron chi connectivity index (χ2n) is 6.89. The molecule has 1 fully saturated rings. The molecule has 0 aromatic carbocycles. The lowest BCUT2D eigenvalue weighted by atomic mass is 10.1. The van der Waals surface area contributed by atoms with Crippen molar-refractivity contribution < 1.29 is 19.0 Å². The predicted molar refractivity (Wildman–Crippen MR) is 110 cm³/mol. The molecule has 0 radical (unpaired) electrons. The minimum absolute atomic E-state index is 0. The van der Waals surface area contributed by atoms with Crippen molar-refractivity contribution in [1.29, 1.82) is 0 Å². The topological polar surface area (TPSA) is 72.4 Å². The number of guanidine groups is 1. The summed E-state index contributed by atoms with van der Waals surface area (Å²) in [4.78, 5) is 18.2. The summed E-state index contributed by atoms with van der Waals surface area (Å²) in [7, 11) is 3.43. The van der Waals surface area contributed by atoms with Gasteiger partial charge in [0.15, 0.2) is 5.96 Å². The average Bonchev–Trinajstić information content (AvgIpc) is 2.52. The van der Waals surface area contributed by atoms with Crippen LogP contribution in [0.5, 0.6) is 0 Å². The van der Waals surface area contributed by atoms with Crippen LogP contribution in [-0.4, -0.2) is 75.5 Å². The van der Waals surface area contributed by atoms with Gasteiger partial charge in [0, 0.05) is 40.5 Å². The van der Waals surface area contributed by atoms with E-state index in [-0.39, 0.29) is 36.5 Å². The third-order valence-corrected chi connectivity index (χ3v) is 3.61. The number of carbonyl (C=O) groups excluding carboxylic acids is 1. The second-order valence-corrected chi connectivity index (χ2v) is 6.89. The standard InChI is InChI=1S/C17H33N3O4.HI/c1-17(2,3)24-15(21)13-19-16(18-4)20-9-7-14(8-10-20)23-12-6-11-22-5;/h14H,6-13H2,1-5H3,(H,18,19);1H. The molecule has 0 unspecified atom stereocenters. The van der Waals surface area contributed by atoms with E-state index in [0.717, 1.165) is 51.5 Å². The number of methoxy groups -OCH3 is 1. The minimum Gasteiger partial charge on any atom is -0.459 e. The summed E-state index contributed by atoms with van der Waals surface area (Å²) in [6, 6.07) is 0. The number of esters is 1. The van der Waals surface area contributed by atoms with Crippen LogP contribution in [0.3, 0.4) is 0 Å². The van der Waals surface area contributed by atoms with Crippen LogP contribution < -0.4 is 5.32 Å². The highest BCUT2D eigenvalue weighted by molar-refractivity contribution is 14.0. The lowest BCUT2D eigenvalue weighted by Gasteiger charge is -2.34. The first-order valence-electron chi connectivity index (χ1n) is 8.63. The SMILES string of the molecule is CN=C(NCC(=O)OC(C)(C)C)N1CCC(OCCCOC)CC1.I. The molecule has 1 N–H and O–H groups in total. The van der Waals surface area contributed by atoms with Crippen molar-refractivity contribution in [2.24, 2.45) is 4.99 Å². The van der Waals surface area contributed by atoms with Crippen molar-refractivity contribution in [2.45, 2.75) is 51.7 Å². The molecule has 0 aliphatic carbocycles. The molecule has 7 nitrogen and oxygen atoms in total. The summed E-state index contributed by atoms with van der Waals surface area (Å²) >= 11 is 0. The third kappa shape index (κ3) is 10.9. The number of hydrogen-bond acceptors (Lipinski definition) is 5. The van der Waals surface area contributed by atoms with Crippen LogP contribution in [0.2, 0.25) is 0 Å². The van der Waals surface area contributed by atoms with Gasteiger partial charge in [0.25, 0.3) is 0 Å². The first kappa shape index (κ1) is 24.4. The Morgan fingerprint density at radius 1 is 1.24 bits per heavy atom. The summed E-state index contributed by atoms with van der Waals surface area (Å²) < 4.78 is 16.2. The minimum atomic E-state index is -0.471. The van der Waals surface area contributed by atoms with Crippen LogP contribution in [0.25, 0.3) is 0 Å². The molecule has 0 bridgehead atoms. The lowest BCUT2D eigenvalue weighted by molar-refractivity contribution is -0.153. The van der Waals surface area contributed by atoms with Crippen molar-refractivity contribution in [1.82, 2.24) is 10.2 Å². The molecule has 1 saturated heterocycles. The van der Waals surface area contributed by atoms with Crippen molar-refractivity contribution in [3.63, 3.8) is 0 Å². The maximum absolute atomic E-state index is 11.8. The smallest absolute Gasteiger partial charge is 0.325 e. The molecule has 1 aliphatic rings. The Bertz CT molecular complexity index is 405. The maximum Gasteiger partial charge on any atom is 0.325 e. The zero-order valence-electron chi connectivity index (χ0n) is 16.2. The molecule has 1 heterocycles. The van der Waals surface area contributed by atoms with E-state index in [1.807, 2.05) is 20.8 Å². The fraction of sp³-hybridized carbons (Fsp3) is 0.882. The van der Waals surface area contributed by atoms with Gasteiger partial charge in [-0.1, -0.05) is 0 Å². The molecular formula is C17H34IN3O4. The van der Waals surface area contributed by atoms with E-state index in [9.17, 15) is 4.79 Å². The molecule has 148 valence electrons. The third-order valence-electron chi connectivity index (χ3n) is 3.61. The molecular weight excluding hydrogens is 437 g/mol. The fourth-order valence-electron chi connectivity index (χ4n) is 2.55. The van der Waals surface area contributed by atoms with E-state index in [1.54, 1.807) is 14.2 Å². The highest BCUT2D eigenvalue weighted by atomic mass is 127. The van der Waals surface area contributed by atoms with Gasteiger partial charge in [0.05, 0.1) is 6.10 Å². The van der Waals surface area contributed by atoms with E-state index in [4.69, 9.17) is 14.2 Å². The Morgan fingerprint density at radius 2 is 1.88 bits per heavy atom. The molecule has 0 atom stereocenters. The van der Waals surface area contributed by atoms with E-state index in [1.165, 1.54) is 0 Å². The molecule has 0 spiro atoms. The van der Waals surface area contributed by atoms with E-state index < -0.39 is 5.60 Å². The van der Waals surface area contributed by atoms with Gasteiger partial charge in [-0.3, -0.25) is 9.79 Å². The highest BCUT2D eigenvalue weighted by Gasteiger charge is 2.23. The number of nitrogens with zero attached hydrogens (tertiary/aromatic N) is 2. The molecule has 1 rings (SSSR count). The molecule has 0 amide bonds. The Morgan fingerprint density at radius 3 is 2.40 bits per heavy atom. The first-order valence-corrected chi connectivity index (χ1v) is 8.63. The maximum atomic E-state index is 11.8. The van der Waals surface area contributed by atoms with Gasteiger partial charge in [0.2, 0.25) is 0 Å². The summed E-state index contributed by atoms with van der Waals surface area (Å²) in [5, 5.41) is 3.08. The van der Waals surface area contributed by atoms with Gasteiger partial charge in [-0.05, 0) is 40.0 Å². The van der Waals surface area contributed by atoms with Crippen LogP contribution in [0.4, 0.5) is 0 Å². The average molecular weight is 471 g/mol. The van der Waals surface area contributed by atoms with E-state index >= 15 is 0 Å². The van der Waals surface area contributed by atoms with Crippen LogP contribution in [0.15, 0.2) is 4.99 Å². The second kappa shape index (κ2) is 12.7. The van der Waals surface area contributed by atoms with Crippen molar-refractivity contribution in [2.75, 3.05) is 47.0 Å². The Labute approximate surface area is 168 Å². The van der Waals surface area contributed by atoms with Crippen molar-refractivity contribution in [3.8, 4) is 0 Å². The van der Waals surface area contributed by atoms with Gasteiger partial charge >= 0.3 is 5.97 Å². The zero-order chi connectivity index (χ0) is 18.0. The van der Waals surface area contributed by atoms with Gasteiger partial charge in [-0.15, -0.1) is 24.0 Å². The quantitative estimate of drug-likeness (QED) is 0.202. The van der Waals surface area contributed by atoms with Gasteiger partial charge < -0.3 is 24.4 Å². The van der Waals surface area contributed by atoms with Crippen LogP contribution in [-0.2, 0) is 19.0 Å².